The molecule has 0 aliphatic rings. The van der Waals surface area contributed by atoms with Crippen molar-refractivity contribution in [1.82, 2.24) is 5.32 Å². The molecule has 0 saturated carbocycles. The number of amides is 1. The maximum atomic E-state index is 12.5. The molecule has 0 aromatic heterocycles. The van der Waals surface area contributed by atoms with Gasteiger partial charge in [0, 0.05) is 16.5 Å². The molecule has 0 heterocycles. The van der Waals surface area contributed by atoms with Crippen LogP contribution < -0.4 is 10.1 Å². The van der Waals surface area contributed by atoms with Crippen LogP contribution in [0.1, 0.15) is 32.8 Å². The number of carbonyl (C=O) groups is 1. The summed E-state index contributed by atoms with van der Waals surface area (Å²) in [6.45, 7) is 6.50. The highest BCUT2D eigenvalue weighted by Gasteiger charge is 2.17. The molecule has 2 rings (SSSR count). The Morgan fingerprint density at radius 2 is 1.92 bits per heavy atom. The summed E-state index contributed by atoms with van der Waals surface area (Å²) in [4.78, 5) is 13.5. The average molecular weight is 378 g/mol. The predicted octanol–water partition coefficient (Wildman–Crippen LogP) is 5.31. The van der Waals surface area contributed by atoms with Crippen LogP contribution in [0.15, 0.2) is 53.4 Å². The molecule has 1 amide bonds. The fraction of sp³-hybridized carbons (Fsp3) is 0.350. The second kappa shape index (κ2) is 9.73. The maximum absolute atomic E-state index is 12.5. The van der Waals surface area contributed by atoms with Crippen molar-refractivity contribution in [3.63, 3.8) is 0 Å². The van der Waals surface area contributed by atoms with E-state index in [4.69, 9.17) is 16.3 Å². The lowest BCUT2D eigenvalue weighted by atomic mass is 10.2. The van der Waals surface area contributed by atoms with E-state index in [1.54, 1.807) is 11.8 Å². The number of ether oxygens (including phenoxy) is 1. The topological polar surface area (TPSA) is 38.3 Å². The van der Waals surface area contributed by atoms with Gasteiger partial charge in [0.25, 0.3) is 0 Å². The second-order valence-corrected chi connectivity index (χ2v) is 7.71. The molecule has 25 heavy (non-hydrogen) atoms. The van der Waals surface area contributed by atoms with E-state index < -0.39 is 0 Å². The van der Waals surface area contributed by atoms with Gasteiger partial charge in [-0.1, -0.05) is 30.7 Å². The molecule has 0 radical (unpaired) electrons. The van der Waals surface area contributed by atoms with Gasteiger partial charge in [-0.25, -0.2) is 0 Å². The lowest BCUT2D eigenvalue weighted by Gasteiger charge is -2.15. The molecule has 0 spiro atoms. The van der Waals surface area contributed by atoms with E-state index in [0.29, 0.717) is 11.6 Å². The molecule has 0 unspecified atom stereocenters. The van der Waals surface area contributed by atoms with E-state index in [-0.39, 0.29) is 17.3 Å². The van der Waals surface area contributed by atoms with Crippen molar-refractivity contribution in [3.8, 4) is 5.75 Å². The molecule has 0 aliphatic carbocycles. The largest absolute Gasteiger partial charge is 0.491 e. The van der Waals surface area contributed by atoms with E-state index in [1.807, 2.05) is 69.3 Å². The third-order valence-electron chi connectivity index (χ3n) is 3.49. The minimum Gasteiger partial charge on any atom is -0.491 e. The van der Waals surface area contributed by atoms with Crippen LogP contribution in [0.3, 0.4) is 0 Å². The van der Waals surface area contributed by atoms with Crippen LogP contribution in [0, 0.1) is 0 Å². The van der Waals surface area contributed by atoms with Gasteiger partial charge in [0.15, 0.2) is 0 Å². The SMILES string of the molecule is CC[C@@H](Sc1ccc(Cl)cc1)C(=O)NCc1cccc(OC(C)C)c1. The van der Waals surface area contributed by atoms with Crippen LogP contribution in [0.2, 0.25) is 5.02 Å². The Bertz CT molecular complexity index is 688. The number of nitrogens with one attached hydrogen (secondary N) is 1. The summed E-state index contributed by atoms with van der Waals surface area (Å²) in [5, 5.41) is 3.59. The third kappa shape index (κ3) is 6.63. The van der Waals surface area contributed by atoms with Gasteiger partial charge in [0.2, 0.25) is 5.91 Å². The summed E-state index contributed by atoms with van der Waals surface area (Å²) < 4.78 is 5.69. The number of rotatable bonds is 8. The highest BCUT2D eigenvalue weighted by atomic mass is 35.5. The monoisotopic (exact) mass is 377 g/mol. The quantitative estimate of drug-likeness (QED) is 0.633. The Morgan fingerprint density at radius 1 is 1.20 bits per heavy atom. The fourth-order valence-electron chi connectivity index (χ4n) is 2.30. The van der Waals surface area contributed by atoms with Crippen molar-refractivity contribution in [1.29, 1.82) is 0 Å². The molecule has 0 saturated heterocycles. The zero-order chi connectivity index (χ0) is 18.2. The molecule has 1 N–H and O–H groups in total. The molecular formula is C20H24ClNO2S. The summed E-state index contributed by atoms with van der Waals surface area (Å²) in [6.07, 6.45) is 0.889. The molecular weight excluding hydrogens is 354 g/mol. The second-order valence-electron chi connectivity index (χ2n) is 6.00. The van der Waals surface area contributed by atoms with Gasteiger partial charge in [-0.3, -0.25) is 4.79 Å². The molecule has 1 atom stereocenters. The molecule has 134 valence electrons. The Labute approximate surface area is 159 Å². The molecule has 3 nitrogen and oxygen atoms in total. The van der Waals surface area contributed by atoms with Crippen molar-refractivity contribution >= 4 is 29.3 Å². The Morgan fingerprint density at radius 3 is 2.56 bits per heavy atom. The van der Waals surface area contributed by atoms with Crippen LogP contribution in [-0.2, 0) is 11.3 Å². The molecule has 2 aromatic rings. The minimum absolute atomic E-state index is 0.0395. The minimum atomic E-state index is -0.128. The highest BCUT2D eigenvalue weighted by molar-refractivity contribution is 8.00. The number of hydrogen-bond acceptors (Lipinski definition) is 3. The van der Waals surface area contributed by atoms with Gasteiger partial charge in [-0.05, 0) is 62.2 Å². The van der Waals surface area contributed by atoms with Crippen molar-refractivity contribution in [2.24, 2.45) is 0 Å². The lowest BCUT2D eigenvalue weighted by Crippen LogP contribution is -2.31. The molecule has 5 heteroatoms. The van der Waals surface area contributed by atoms with Crippen molar-refractivity contribution in [2.45, 2.75) is 50.0 Å². The van der Waals surface area contributed by atoms with Crippen LogP contribution in [0.5, 0.6) is 5.75 Å². The van der Waals surface area contributed by atoms with Crippen LogP contribution >= 0.6 is 23.4 Å². The highest BCUT2D eigenvalue weighted by Crippen LogP contribution is 2.27. The van der Waals surface area contributed by atoms with Gasteiger partial charge < -0.3 is 10.1 Å². The number of halogens is 1. The first-order chi connectivity index (χ1) is 12.0. The van der Waals surface area contributed by atoms with Crippen molar-refractivity contribution in [2.75, 3.05) is 0 Å². The number of thioether (sulfide) groups is 1. The summed E-state index contributed by atoms with van der Waals surface area (Å²) in [5.74, 6) is 0.863. The van der Waals surface area contributed by atoms with E-state index in [1.165, 1.54) is 0 Å². The zero-order valence-corrected chi connectivity index (χ0v) is 16.4. The van der Waals surface area contributed by atoms with Crippen molar-refractivity contribution in [3.05, 3.63) is 59.1 Å². The van der Waals surface area contributed by atoms with Crippen LogP contribution in [0.25, 0.3) is 0 Å². The van der Waals surface area contributed by atoms with E-state index >= 15 is 0 Å². The molecule has 0 fully saturated rings. The fourth-order valence-corrected chi connectivity index (χ4v) is 3.41. The van der Waals surface area contributed by atoms with Gasteiger partial charge >= 0.3 is 0 Å². The number of benzene rings is 2. The third-order valence-corrected chi connectivity index (χ3v) is 5.12. The Kier molecular flexibility index (Phi) is 7.66. The first-order valence-corrected chi connectivity index (χ1v) is 9.69. The van der Waals surface area contributed by atoms with E-state index in [0.717, 1.165) is 22.6 Å². The molecule has 0 bridgehead atoms. The van der Waals surface area contributed by atoms with Crippen LogP contribution in [0.4, 0.5) is 0 Å². The lowest BCUT2D eigenvalue weighted by molar-refractivity contribution is -0.120. The average Bonchev–Trinajstić information content (AvgIpc) is 2.59. The summed E-state index contributed by atoms with van der Waals surface area (Å²) in [5.41, 5.74) is 1.03. The normalized spacial score (nSPS) is 12.0. The van der Waals surface area contributed by atoms with Gasteiger partial charge in [0.05, 0.1) is 11.4 Å². The first kappa shape index (κ1) is 19.7. The maximum Gasteiger partial charge on any atom is 0.233 e. The Hall–Kier alpha value is -1.65. The first-order valence-electron chi connectivity index (χ1n) is 8.43. The van der Waals surface area contributed by atoms with Crippen molar-refractivity contribution < 1.29 is 9.53 Å². The molecule has 0 aliphatic heterocycles. The van der Waals surface area contributed by atoms with Gasteiger partial charge in [-0.15, -0.1) is 11.8 Å². The number of carbonyl (C=O) groups excluding carboxylic acids is 1. The van der Waals surface area contributed by atoms with Crippen LogP contribution in [-0.4, -0.2) is 17.3 Å². The van der Waals surface area contributed by atoms with E-state index in [2.05, 4.69) is 5.32 Å². The van der Waals surface area contributed by atoms with Gasteiger partial charge in [0.1, 0.15) is 5.75 Å². The molecule has 2 aromatic carbocycles. The Balaban J connectivity index is 1.92. The summed E-state index contributed by atoms with van der Waals surface area (Å²) in [6, 6.07) is 15.4. The summed E-state index contributed by atoms with van der Waals surface area (Å²) in [7, 11) is 0. The standard InChI is InChI=1S/C20H24ClNO2S/c1-4-19(25-18-10-8-16(21)9-11-18)20(23)22-13-15-6-5-7-17(12-15)24-14(2)3/h5-12,14,19H,4,13H2,1-3H3,(H,22,23)/t19-/m1/s1. The smallest absolute Gasteiger partial charge is 0.233 e. The number of hydrogen-bond donors (Lipinski definition) is 1. The zero-order valence-electron chi connectivity index (χ0n) is 14.8. The summed E-state index contributed by atoms with van der Waals surface area (Å²) >= 11 is 7.46. The van der Waals surface area contributed by atoms with Gasteiger partial charge in [-0.2, -0.15) is 0 Å². The van der Waals surface area contributed by atoms with E-state index in [9.17, 15) is 4.79 Å². The predicted molar refractivity (Wildman–Crippen MR) is 105 cm³/mol.